The maximum atomic E-state index is 12.8. The van der Waals surface area contributed by atoms with Crippen molar-refractivity contribution in [3.05, 3.63) is 70.7 Å². The van der Waals surface area contributed by atoms with Crippen LogP contribution in [0.15, 0.2) is 42.5 Å². The van der Waals surface area contributed by atoms with Crippen molar-refractivity contribution in [2.45, 2.75) is 26.7 Å². The number of hydrogen-bond donors (Lipinski definition) is 0. The summed E-state index contributed by atoms with van der Waals surface area (Å²) < 4.78 is 11.8. The van der Waals surface area contributed by atoms with E-state index in [4.69, 9.17) is 9.47 Å². The van der Waals surface area contributed by atoms with Crippen molar-refractivity contribution >= 4 is 23.5 Å². The molecule has 0 unspecified atom stereocenters. The summed E-state index contributed by atoms with van der Waals surface area (Å²) in [6.07, 6.45) is 2.24. The Kier molecular flexibility index (Phi) is 6.72. The lowest BCUT2D eigenvalue weighted by Crippen LogP contribution is -2.20. The summed E-state index contributed by atoms with van der Waals surface area (Å²) in [5, 5.41) is 8.07. The van der Waals surface area contributed by atoms with E-state index in [0.29, 0.717) is 16.8 Å². The Morgan fingerprint density at radius 3 is 2.26 bits per heavy atom. The molecule has 0 bridgehead atoms. The molecule has 1 fully saturated rings. The van der Waals surface area contributed by atoms with Gasteiger partial charge in [0.1, 0.15) is 0 Å². The third kappa shape index (κ3) is 4.68. The molecule has 0 amide bonds. The second-order valence-electron chi connectivity index (χ2n) is 8.13. The number of ketones is 1. The molecule has 0 atom stereocenters. The lowest BCUT2D eigenvalue weighted by Gasteiger charge is -2.15. The van der Waals surface area contributed by atoms with Crippen molar-refractivity contribution in [1.29, 1.82) is 0 Å². The molecule has 3 aromatic rings. The van der Waals surface area contributed by atoms with Crippen LogP contribution in [0.2, 0.25) is 0 Å². The highest BCUT2D eigenvalue weighted by atomic mass is 16.5. The van der Waals surface area contributed by atoms with Gasteiger partial charge < -0.3 is 18.9 Å². The summed E-state index contributed by atoms with van der Waals surface area (Å²) in [7, 11) is 1.33. The summed E-state index contributed by atoms with van der Waals surface area (Å²) in [4.78, 5) is 39.0. The summed E-state index contributed by atoms with van der Waals surface area (Å²) >= 11 is 0. The molecular weight excluding hydrogens is 436 g/mol. The molecule has 3 heterocycles. The fourth-order valence-electron chi connectivity index (χ4n) is 4.14. The molecule has 0 N–H and O–H groups in total. The van der Waals surface area contributed by atoms with Gasteiger partial charge in [-0.2, -0.15) is 0 Å². The number of benzene rings is 1. The molecule has 1 aliphatic rings. The standard InChI is InChI=1S/C25H26N4O5/c1-16-14-20(17(2)29(16)19-8-6-18(7-9-19)24(31)33-3)22(30)15-34-25(32)21-10-11-23(27-26-21)28-12-4-5-13-28/h6-11,14H,4-5,12-13,15H2,1-3H3. The van der Waals surface area contributed by atoms with E-state index in [9.17, 15) is 14.4 Å². The molecule has 0 spiro atoms. The summed E-state index contributed by atoms with van der Waals surface area (Å²) in [5.74, 6) is -0.695. The van der Waals surface area contributed by atoms with Gasteiger partial charge in [0.2, 0.25) is 5.78 Å². The van der Waals surface area contributed by atoms with Gasteiger partial charge in [-0.15, -0.1) is 10.2 Å². The molecule has 1 saturated heterocycles. The van der Waals surface area contributed by atoms with Gasteiger partial charge in [-0.05, 0) is 69.2 Å². The zero-order valence-corrected chi connectivity index (χ0v) is 19.4. The molecule has 176 valence electrons. The molecule has 0 radical (unpaired) electrons. The Bertz CT molecular complexity index is 1210. The molecule has 9 heteroatoms. The van der Waals surface area contributed by atoms with Crippen LogP contribution in [0.1, 0.15) is 55.4 Å². The second-order valence-corrected chi connectivity index (χ2v) is 8.13. The molecule has 0 aliphatic carbocycles. The van der Waals surface area contributed by atoms with E-state index in [0.717, 1.165) is 43.1 Å². The third-order valence-electron chi connectivity index (χ3n) is 5.90. The van der Waals surface area contributed by atoms with Crippen molar-refractivity contribution in [1.82, 2.24) is 14.8 Å². The highest BCUT2D eigenvalue weighted by Crippen LogP contribution is 2.22. The topological polar surface area (TPSA) is 104 Å². The van der Waals surface area contributed by atoms with Gasteiger partial charge in [0.15, 0.2) is 18.1 Å². The number of rotatable bonds is 7. The van der Waals surface area contributed by atoms with Crippen LogP contribution in [0.4, 0.5) is 5.82 Å². The van der Waals surface area contributed by atoms with Crippen molar-refractivity contribution < 1.29 is 23.9 Å². The normalized spacial score (nSPS) is 13.1. The first-order valence-electron chi connectivity index (χ1n) is 11.1. The van der Waals surface area contributed by atoms with Crippen LogP contribution in [-0.2, 0) is 9.47 Å². The largest absolute Gasteiger partial charge is 0.465 e. The van der Waals surface area contributed by atoms with Crippen LogP contribution in [0.5, 0.6) is 0 Å². The summed E-state index contributed by atoms with van der Waals surface area (Å²) in [6.45, 7) is 5.15. The van der Waals surface area contributed by atoms with E-state index in [1.807, 2.05) is 18.4 Å². The van der Waals surface area contributed by atoms with E-state index >= 15 is 0 Å². The Morgan fingerprint density at radius 2 is 1.65 bits per heavy atom. The number of ether oxygens (including phenoxy) is 2. The quantitative estimate of drug-likeness (QED) is 0.389. The average Bonchev–Trinajstić information content (AvgIpc) is 3.50. The lowest BCUT2D eigenvalue weighted by molar-refractivity contribution is 0.0467. The number of carbonyl (C=O) groups is 3. The molecule has 1 aliphatic heterocycles. The van der Waals surface area contributed by atoms with Crippen molar-refractivity contribution in [2.75, 3.05) is 31.7 Å². The number of anilines is 1. The number of nitrogens with zero attached hydrogens (tertiary/aromatic N) is 4. The molecule has 9 nitrogen and oxygen atoms in total. The first-order valence-corrected chi connectivity index (χ1v) is 11.1. The minimum atomic E-state index is -0.693. The van der Waals surface area contributed by atoms with Gasteiger partial charge in [0.25, 0.3) is 0 Å². The molecule has 34 heavy (non-hydrogen) atoms. The third-order valence-corrected chi connectivity index (χ3v) is 5.90. The molecule has 4 rings (SSSR count). The number of methoxy groups -OCH3 is 1. The fraction of sp³-hybridized carbons (Fsp3) is 0.320. The SMILES string of the molecule is COC(=O)c1ccc(-n2c(C)cc(C(=O)COC(=O)c3ccc(N4CCCC4)nn3)c2C)cc1. The number of esters is 2. The Hall–Kier alpha value is -4.01. The predicted octanol–water partition coefficient (Wildman–Crippen LogP) is 3.31. The molecule has 2 aromatic heterocycles. The maximum Gasteiger partial charge on any atom is 0.359 e. The molecule has 1 aromatic carbocycles. The number of aryl methyl sites for hydroxylation is 1. The minimum Gasteiger partial charge on any atom is -0.465 e. The molecular formula is C25H26N4O5. The monoisotopic (exact) mass is 462 g/mol. The van der Waals surface area contributed by atoms with E-state index in [1.54, 1.807) is 42.5 Å². The maximum absolute atomic E-state index is 12.8. The zero-order chi connectivity index (χ0) is 24.2. The van der Waals surface area contributed by atoms with E-state index in [1.165, 1.54) is 7.11 Å². The van der Waals surface area contributed by atoms with E-state index in [2.05, 4.69) is 15.1 Å². The number of hydrogen-bond acceptors (Lipinski definition) is 8. The highest BCUT2D eigenvalue weighted by Gasteiger charge is 2.20. The fourth-order valence-corrected chi connectivity index (χ4v) is 4.14. The van der Waals surface area contributed by atoms with Crippen molar-refractivity contribution in [3.63, 3.8) is 0 Å². The van der Waals surface area contributed by atoms with Gasteiger partial charge in [-0.25, -0.2) is 9.59 Å². The number of aromatic nitrogens is 3. The number of carbonyl (C=O) groups excluding carboxylic acids is 3. The van der Waals surface area contributed by atoms with Crippen molar-refractivity contribution in [2.24, 2.45) is 0 Å². The first-order chi connectivity index (χ1) is 16.4. The van der Waals surface area contributed by atoms with Crippen LogP contribution < -0.4 is 4.90 Å². The Balaban J connectivity index is 1.42. The number of Topliss-reactive ketones (excluding diaryl/α,β-unsaturated/α-hetero) is 1. The van der Waals surface area contributed by atoms with Crippen LogP contribution in [0, 0.1) is 13.8 Å². The van der Waals surface area contributed by atoms with Crippen LogP contribution in [-0.4, -0.2) is 59.3 Å². The predicted molar refractivity (Wildman–Crippen MR) is 125 cm³/mol. The van der Waals surface area contributed by atoms with Gasteiger partial charge in [-0.3, -0.25) is 4.79 Å². The Morgan fingerprint density at radius 1 is 0.941 bits per heavy atom. The van der Waals surface area contributed by atoms with E-state index < -0.39 is 18.5 Å². The first kappa shape index (κ1) is 23.2. The molecule has 0 saturated carbocycles. The van der Waals surface area contributed by atoms with Crippen LogP contribution in [0.3, 0.4) is 0 Å². The second kappa shape index (κ2) is 9.86. The smallest absolute Gasteiger partial charge is 0.359 e. The van der Waals surface area contributed by atoms with Gasteiger partial charge >= 0.3 is 11.9 Å². The average molecular weight is 463 g/mol. The van der Waals surface area contributed by atoms with Crippen LogP contribution in [0.25, 0.3) is 5.69 Å². The lowest BCUT2D eigenvalue weighted by atomic mass is 10.1. The Labute approximate surface area is 197 Å². The summed E-state index contributed by atoms with van der Waals surface area (Å²) in [6, 6.07) is 12.0. The minimum absolute atomic E-state index is 0.0620. The van der Waals surface area contributed by atoms with Gasteiger partial charge in [0, 0.05) is 35.7 Å². The summed E-state index contributed by atoms with van der Waals surface area (Å²) in [5.41, 5.74) is 3.30. The zero-order valence-electron chi connectivity index (χ0n) is 19.4. The van der Waals surface area contributed by atoms with Gasteiger partial charge in [-0.1, -0.05) is 0 Å². The van der Waals surface area contributed by atoms with E-state index in [-0.39, 0.29) is 11.5 Å². The highest BCUT2D eigenvalue weighted by molar-refractivity contribution is 6.00. The van der Waals surface area contributed by atoms with Crippen LogP contribution >= 0.6 is 0 Å². The van der Waals surface area contributed by atoms with Gasteiger partial charge in [0.05, 0.1) is 12.7 Å². The van der Waals surface area contributed by atoms with Crippen molar-refractivity contribution in [3.8, 4) is 5.69 Å².